The summed E-state index contributed by atoms with van der Waals surface area (Å²) in [5.41, 5.74) is 1.05. The van der Waals surface area contributed by atoms with Crippen LogP contribution in [0.25, 0.3) is 0 Å². The van der Waals surface area contributed by atoms with Gasteiger partial charge < -0.3 is 9.72 Å². The molecule has 0 saturated carbocycles. The molecule has 108 valence electrons. The summed E-state index contributed by atoms with van der Waals surface area (Å²) in [7, 11) is 0. The van der Waals surface area contributed by atoms with E-state index in [0.717, 1.165) is 19.9 Å². The lowest BCUT2D eigenvalue weighted by Crippen LogP contribution is -2.29. The summed E-state index contributed by atoms with van der Waals surface area (Å²) in [6.07, 6.45) is 0. The lowest BCUT2D eigenvalue weighted by atomic mass is 9.83. The summed E-state index contributed by atoms with van der Waals surface area (Å²) >= 11 is 6.17. The van der Waals surface area contributed by atoms with Gasteiger partial charge in [0.05, 0.1) is 16.2 Å². The van der Waals surface area contributed by atoms with E-state index in [4.69, 9.17) is 4.74 Å². The van der Waals surface area contributed by atoms with Crippen LogP contribution in [0.1, 0.15) is 16.4 Å². The molecule has 1 aromatic heterocycles. The van der Waals surface area contributed by atoms with E-state index in [1.54, 1.807) is 11.8 Å². The van der Waals surface area contributed by atoms with Crippen LogP contribution in [0.15, 0.2) is 38.6 Å². The number of thiazole rings is 1. The Hall–Kier alpha value is -1.05. The van der Waals surface area contributed by atoms with E-state index in [2.05, 4.69) is 20.9 Å². The Kier molecular flexibility index (Phi) is 3.24. The number of carbonyl (C=O) groups excluding carboxylic acids is 1. The molecule has 2 aliphatic heterocycles. The molecular weight excluding hydrogens is 374 g/mol. The highest BCUT2D eigenvalue weighted by Crippen LogP contribution is 2.51. The first-order valence-corrected chi connectivity index (χ1v) is 8.94. The number of esters is 1. The summed E-state index contributed by atoms with van der Waals surface area (Å²) in [4.78, 5) is 27.6. The number of rotatable bonds is 1. The van der Waals surface area contributed by atoms with Crippen molar-refractivity contribution in [2.75, 3.05) is 6.61 Å². The van der Waals surface area contributed by atoms with E-state index >= 15 is 0 Å². The maximum absolute atomic E-state index is 12.1. The van der Waals surface area contributed by atoms with Gasteiger partial charge in [-0.2, -0.15) is 0 Å². The zero-order valence-electron chi connectivity index (χ0n) is 10.7. The molecule has 7 heteroatoms. The summed E-state index contributed by atoms with van der Waals surface area (Å²) in [6, 6.07) is 7.92. The van der Waals surface area contributed by atoms with Gasteiger partial charge in [-0.05, 0) is 17.7 Å². The fourth-order valence-corrected chi connectivity index (χ4v) is 5.69. The average molecular weight is 384 g/mol. The van der Waals surface area contributed by atoms with Crippen LogP contribution in [0.5, 0.6) is 0 Å². The average Bonchev–Trinajstić information content (AvgIpc) is 3.00. The summed E-state index contributed by atoms with van der Waals surface area (Å²) < 4.78 is 6.24. The monoisotopic (exact) mass is 383 g/mol. The summed E-state index contributed by atoms with van der Waals surface area (Å²) in [5.74, 6) is -0.472. The molecule has 1 fully saturated rings. The van der Waals surface area contributed by atoms with E-state index < -0.39 is 0 Å². The van der Waals surface area contributed by atoms with E-state index in [0.29, 0.717) is 6.61 Å². The third kappa shape index (κ3) is 2.18. The lowest BCUT2D eigenvalue weighted by Gasteiger charge is -2.29. The highest BCUT2D eigenvalue weighted by Gasteiger charge is 2.49. The Labute approximate surface area is 137 Å². The fraction of sp³-hybridized carbons (Fsp3) is 0.286. The molecule has 2 aliphatic rings. The SMILES string of the molecule is O=C1OC[C@H]2Sc3[nH]c(=O)sc3[C@@H](c3ccc(Br)cc3)[C@@H]12. The molecule has 4 rings (SSSR count). The first-order valence-electron chi connectivity index (χ1n) is 6.45. The number of cyclic esters (lactones) is 1. The molecule has 1 saturated heterocycles. The number of aromatic nitrogens is 1. The highest BCUT2D eigenvalue weighted by atomic mass is 79.9. The Morgan fingerprint density at radius 1 is 1.24 bits per heavy atom. The minimum Gasteiger partial charge on any atom is -0.464 e. The summed E-state index contributed by atoms with van der Waals surface area (Å²) in [6.45, 7) is 0.415. The van der Waals surface area contributed by atoms with E-state index in [1.807, 2.05) is 24.3 Å². The second-order valence-electron chi connectivity index (χ2n) is 5.05. The molecular formula is C14H10BrNO3S2. The Morgan fingerprint density at radius 3 is 2.76 bits per heavy atom. The molecule has 3 heterocycles. The van der Waals surface area contributed by atoms with Gasteiger partial charge in [-0.1, -0.05) is 51.2 Å². The topological polar surface area (TPSA) is 59.2 Å². The van der Waals surface area contributed by atoms with Crippen LogP contribution < -0.4 is 4.87 Å². The number of fused-ring (bicyclic) bond motifs is 2. The molecule has 0 unspecified atom stereocenters. The van der Waals surface area contributed by atoms with Gasteiger partial charge in [-0.25, -0.2) is 0 Å². The number of ether oxygens (including phenoxy) is 1. The molecule has 0 bridgehead atoms. The zero-order chi connectivity index (χ0) is 14.6. The number of thioether (sulfide) groups is 1. The van der Waals surface area contributed by atoms with Crippen molar-refractivity contribution in [2.24, 2.45) is 5.92 Å². The van der Waals surface area contributed by atoms with Crippen LogP contribution in [-0.4, -0.2) is 22.8 Å². The number of hydrogen-bond donors (Lipinski definition) is 1. The third-order valence-corrected chi connectivity index (χ3v) is 6.76. The molecule has 4 nitrogen and oxygen atoms in total. The quantitative estimate of drug-likeness (QED) is 0.769. The second kappa shape index (κ2) is 5.00. The number of benzene rings is 1. The number of hydrogen-bond acceptors (Lipinski definition) is 5. The Morgan fingerprint density at radius 2 is 2.00 bits per heavy atom. The van der Waals surface area contributed by atoms with Gasteiger partial charge in [-0.15, -0.1) is 0 Å². The fourth-order valence-electron chi connectivity index (χ4n) is 2.94. The van der Waals surface area contributed by atoms with Gasteiger partial charge in [0.2, 0.25) is 0 Å². The molecule has 0 amide bonds. The normalized spacial score (nSPS) is 27.1. The Balaban J connectivity index is 1.89. The molecule has 0 aliphatic carbocycles. The van der Waals surface area contributed by atoms with Gasteiger partial charge in [0.1, 0.15) is 6.61 Å². The van der Waals surface area contributed by atoms with Crippen molar-refractivity contribution < 1.29 is 9.53 Å². The maximum Gasteiger partial charge on any atom is 0.311 e. The van der Waals surface area contributed by atoms with Crippen molar-refractivity contribution in [1.82, 2.24) is 4.98 Å². The maximum atomic E-state index is 12.1. The van der Waals surface area contributed by atoms with E-state index in [1.165, 1.54) is 11.3 Å². The second-order valence-corrected chi connectivity index (χ2v) is 8.23. The van der Waals surface area contributed by atoms with Gasteiger partial charge >= 0.3 is 10.8 Å². The van der Waals surface area contributed by atoms with Crippen LogP contribution in [-0.2, 0) is 9.53 Å². The largest absolute Gasteiger partial charge is 0.464 e. The van der Waals surface area contributed by atoms with Crippen molar-refractivity contribution in [3.8, 4) is 0 Å². The lowest BCUT2D eigenvalue weighted by molar-refractivity contribution is -0.141. The number of carbonyl (C=O) groups is 1. The number of H-pyrrole nitrogens is 1. The van der Waals surface area contributed by atoms with Gasteiger partial charge in [0, 0.05) is 15.3 Å². The van der Waals surface area contributed by atoms with E-state index in [-0.39, 0.29) is 27.9 Å². The molecule has 0 spiro atoms. The molecule has 21 heavy (non-hydrogen) atoms. The van der Waals surface area contributed by atoms with Crippen molar-refractivity contribution >= 4 is 45.0 Å². The minimum atomic E-state index is -0.213. The summed E-state index contributed by atoms with van der Waals surface area (Å²) in [5, 5.41) is 0.960. The number of aromatic amines is 1. The molecule has 0 radical (unpaired) electrons. The van der Waals surface area contributed by atoms with Crippen LogP contribution in [0.3, 0.4) is 0 Å². The molecule has 1 aromatic carbocycles. The predicted octanol–water partition coefficient (Wildman–Crippen LogP) is 2.98. The zero-order valence-corrected chi connectivity index (χ0v) is 13.9. The first-order chi connectivity index (χ1) is 10.1. The van der Waals surface area contributed by atoms with E-state index in [9.17, 15) is 9.59 Å². The van der Waals surface area contributed by atoms with Crippen molar-refractivity contribution in [3.63, 3.8) is 0 Å². The minimum absolute atomic E-state index is 0.0667. The third-order valence-electron chi connectivity index (χ3n) is 3.84. The van der Waals surface area contributed by atoms with Gasteiger partial charge in [-0.3, -0.25) is 9.59 Å². The van der Waals surface area contributed by atoms with Crippen LogP contribution in [0.4, 0.5) is 0 Å². The Bertz CT molecular complexity index is 767. The van der Waals surface area contributed by atoms with Crippen LogP contribution in [0, 0.1) is 5.92 Å². The van der Waals surface area contributed by atoms with Crippen LogP contribution in [0.2, 0.25) is 0 Å². The smallest absolute Gasteiger partial charge is 0.311 e. The number of halogens is 1. The highest BCUT2D eigenvalue weighted by molar-refractivity contribution is 9.10. The molecule has 3 atom stereocenters. The van der Waals surface area contributed by atoms with Gasteiger partial charge in [0.25, 0.3) is 0 Å². The predicted molar refractivity (Wildman–Crippen MR) is 85.0 cm³/mol. The molecule has 2 aromatic rings. The van der Waals surface area contributed by atoms with Gasteiger partial charge in [0.15, 0.2) is 0 Å². The van der Waals surface area contributed by atoms with Crippen molar-refractivity contribution in [2.45, 2.75) is 16.2 Å². The van der Waals surface area contributed by atoms with Crippen molar-refractivity contribution in [3.05, 3.63) is 48.8 Å². The standard InChI is InChI=1S/C14H10BrNO3S2/c15-7-3-1-6(2-4-7)9-10-8(5-19-13(10)17)20-12-11(9)21-14(18)16-12/h1-4,8-10H,5H2,(H,16,18)/t8-,9+,10+/m1/s1. The first kappa shape index (κ1) is 13.6. The van der Waals surface area contributed by atoms with Crippen molar-refractivity contribution in [1.29, 1.82) is 0 Å². The van der Waals surface area contributed by atoms with Crippen LogP contribution >= 0.6 is 39.0 Å². The molecule has 1 N–H and O–H groups in total. The number of nitrogens with one attached hydrogen (secondary N) is 1.